The molecule has 0 bridgehead atoms. The molecule has 2 aromatic heterocycles. The summed E-state index contributed by atoms with van der Waals surface area (Å²) >= 11 is 0. The number of aryl methyl sites for hydroxylation is 1. The van der Waals surface area contributed by atoms with E-state index < -0.39 is 0 Å². The average Bonchev–Trinajstić information content (AvgIpc) is 3.53. The molecule has 7 heteroatoms. The third-order valence-corrected chi connectivity index (χ3v) is 7.21. The molecule has 0 spiro atoms. The van der Waals surface area contributed by atoms with Crippen LogP contribution in [0.5, 0.6) is 0 Å². The van der Waals surface area contributed by atoms with Crippen LogP contribution in [0.25, 0.3) is 22.2 Å². The van der Waals surface area contributed by atoms with Gasteiger partial charge in [-0.15, -0.1) is 0 Å². The molecule has 0 aliphatic carbocycles. The van der Waals surface area contributed by atoms with Gasteiger partial charge in [-0.3, -0.25) is 9.59 Å². The van der Waals surface area contributed by atoms with Crippen LogP contribution in [0.2, 0.25) is 0 Å². The predicted octanol–water partition coefficient (Wildman–Crippen LogP) is 6.26. The first kappa shape index (κ1) is 28.3. The second-order valence-corrected chi connectivity index (χ2v) is 10.7. The van der Waals surface area contributed by atoms with E-state index in [1.165, 1.54) is 5.56 Å². The minimum atomic E-state index is -0.230. The minimum Gasteiger partial charge on any atom is -0.358 e. The average molecular weight is 528 g/mol. The monoisotopic (exact) mass is 527 g/mol. The number of hydrogen-bond acceptors (Lipinski definition) is 4. The molecule has 0 unspecified atom stereocenters. The highest BCUT2D eigenvalue weighted by molar-refractivity contribution is 5.90. The van der Waals surface area contributed by atoms with Crippen molar-refractivity contribution in [3.8, 4) is 11.3 Å². The number of hydrogen-bond donors (Lipinski definition) is 3. The Kier molecular flexibility index (Phi) is 9.71. The van der Waals surface area contributed by atoms with Crippen LogP contribution in [0.15, 0.2) is 54.7 Å². The predicted molar refractivity (Wildman–Crippen MR) is 157 cm³/mol. The summed E-state index contributed by atoms with van der Waals surface area (Å²) in [4.78, 5) is 38.8. The molecule has 7 nitrogen and oxygen atoms in total. The van der Waals surface area contributed by atoms with Crippen LogP contribution in [-0.2, 0) is 22.6 Å². The van der Waals surface area contributed by atoms with Gasteiger partial charge in [0.15, 0.2) is 0 Å². The summed E-state index contributed by atoms with van der Waals surface area (Å²) in [6.45, 7) is 4.79. The van der Waals surface area contributed by atoms with Gasteiger partial charge in [0.25, 0.3) is 0 Å². The lowest BCUT2D eigenvalue weighted by Gasteiger charge is -2.17. The Morgan fingerprint density at radius 3 is 2.56 bits per heavy atom. The van der Waals surface area contributed by atoms with Crippen LogP contribution in [0, 0.1) is 6.92 Å². The maximum atomic E-state index is 13.4. The third kappa shape index (κ3) is 7.67. The number of carbonyl (C=O) groups is 2. The van der Waals surface area contributed by atoms with Gasteiger partial charge in [-0.1, -0.05) is 56.2 Å². The molecule has 0 saturated heterocycles. The van der Waals surface area contributed by atoms with E-state index in [0.29, 0.717) is 25.0 Å². The van der Waals surface area contributed by atoms with Crippen molar-refractivity contribution in [2.24, 2.45) is 0 Å². The van der Waals surface area contributed by atoms with Crippen molar-refractivity contribution in [1.82, 2.24) is 25.2 Å². The Labute approximate surface area is 231 Å². The van der Waals surface area contributed by atoms with Crippen LogP contribution in [0.3, 0.4) is 0 Å². The topological polar surface area (TPSA) is 93.9 Å². The Hall–Kier alpha value is -3.71. The Balaban J connectivity index is 1.49. The SMILES string of the molecule is CCC(=O)CCCCC[C@H](NC(=O)Cc1c(C)[nH]c2ccc(CN(C)C)cc12)c1ncc(-c2ccccc2)[nH]1. The summed E-state index contributed by atoms with van der Waals surface area (Å²) in [7, 11) is 4.11. The highest BCUT2D eigenvalue weighted by Crippen LogP contribution is 2.26. The van der Waals surface area contributed by atoms with Crippen LogP contribution < -0.4 is 5.32 Å². The lowest BCUT2D eigenvalue weighted by molar-refractivity contribution is -0.121. The van der Waals surface area contributed by atoms with E-state index in [9.17, 15) is 9.59 Å². The Morgan fingerprint density at radius 2 is 1.82 bits per heavy atom. The number of rotatable bonds is 14. The van der Waals surface area contributed by atoms with Gasteiger partial charge in [-0.05, 0) is 62.7 Å². The molecule has 3 N–H and O–H groups in total. The molecule has 206 valence electrons. The Bertz CT molecular complexity index is 1390. The number of ketones is 1. The molecule has 39 heavy (non-hydrogen) atoms. The van der Waals surface area contributed by atoms with E-state index >= 15 is 0 Å². The van der Waals surface area contributed by atoms with E-state index in [2.05, 4.69) is 57.5 Å². The van der Waals surface area contributed by atoms with Gasteiger partial charge in [0.05, 0.1) is 24.4 Å². The van der Waals surface area contributed by atoms with Crippen molar-refractivity contribution in [3.05, 3.63) is 77.4 Å². The van der Waals surface area contributed by atoms with Crippen molar-refractivity contribution in [1.29, 1.82) is 0 Å². The molecule has 1 amide bonds. The van der Waals surface area contributed by atoms with E-state index in [0.717, 1.165) is 71.5 Å². The van der Waals surface area contributed by atoms with E-state index in [4.69, 9.17) is 0 Å². The fourth-order valence-electron chi connectivity index (χ4n) is 5.11. The maximum Gasteiger partial charge on any atom is 0.225 e. The van der Waals surface area contributed by atoms with Gasteiger partial charge >= 0.3 is 0 Å². The standard InChI is InChI=1S/C32H41N5O2/c1-5-25(38)14-10-7-11-15-29(32-33-20-30(36-32)24-12-8-6-9-13-24)35-31(39)19-26-22(2)34-28-17-16-23(18-27(26)28)21-37(3)4/h6,8-9,12-13,16-18,20,29,34H,5,7,10-11,14-15,19,21H2,1-4H3,(H,33,36)(H,35,39)/t29-/m0/s1. The zero-order valence-corrected chi connectivity index (χ0v) is 23.6. The molecule has 0 saturated carbocycles. The first-order chi connectivity index (χ1) is 18.8. The molecular formula is C32H41N5O2. The zero-order chi connectivity index (χ0) is 27.8. The number of imidazole rings is 1. The largest absolute Gasteiger partial charge is 0.358 e. The van der Waals surface area contributed by atoms with Gasteiger partial charge < -0.3 is 20.2 Å². The maximum absolute atomic E-state index is 13.4. The number of aromatic amines is 2. The second kappa shape index (κ2) is 13.4. The Morgan fingerprint density at radius 1 is 1.03 bits per heavy atom. The molecule has 2 aromatic carbocycles. The second-order valence-electron chi connectivity index (χ2n) is 10.7. The molecule has 4 rings (SSSR count). The van der Waals surface area contributed by atoms with Crippen molar-refractivity contribution >= 4 is 22.6 Å². The van der Waals surface area contributed by atoms with Gasteiger partial charge in [0.1, 0.15) is 11.6 Å². The number of benzene rings is 2. The summed E-state index contributed by atoms with van der Waals surface area (Å²) < 4.78 is 0. The van der Waals surface area contributed by atoms with E-state index in [1.807, 2.05) is 50.4 Å². The highest BCUT2D eigenvalue weighted by atomic mass is 16.1. The smallest absolute Gasteiger partial charge is 0.225 e. The number of fused-ring (bicyclic) bond motifs is 1. The molecule has 0 aliphatic heterocycles. The fourth-order valence-corrected chi connectivity index (χ4v) is 5.11. The number of nitrogens with one attached hydrogen (secondary N) is 3. The van der Waals surface area contributed by atoms with Crippen LogP contribution in [-0.4, -0.2) is 45.6 Å². The summed E-state index contributed by atoms with van der Waals surface area (Å²) in [5.41, 5.74) is 6.31. The highest BCUT2D eigenvalue weighted by Gasteiger charge is 2.20. The van der Waals surface area contributed by atoms with Gasteiger partial charge in [-0.2, -0.15) is 0 Å². The number of nitrogens with zero attached hydrogens (tertiary/aromatic N) is 2. The molecule has 0 aliphatic rings. The summed E-state index contributed by atoms with van der Waals surface area (Å²) in [5, 5.41) is 4.36. The first-order valence-electron chi connectivity index (χ1n) is 14.0. The van der Waals surface area contributed by atoms with Crippen LogP contribution >= 0.6 is 0 Å². The summed E-state index contributed by atoms with van der Waals surface area (Å²) in [6.07, 6.45) is 6.84. The van der Waals surface area contributed by atoms with Gasteiger partial charge in [0.2, 0.25) is 5.91 Å². The number of carbonyl (C=O) groups excluding carboxylic acids is 2. The van der Waals surface area contributed by atoms with Crippen LogP contribution in [0.4, 0.5) is 0 Å². The summed E-state index contributed by atoms with van der Waals surface area (Å²) in [6, 6.07) is 16.3. The van der Waals surface area contributed by atoms with E-state index in [1.54, 1.807) is 0 Å². The normalized spacial score (nSPS) is 12.2. The number of H-pyrrole nitrogens is 2. The van der Waals surface area contributed by atoms with Crippen LogP contribution in [0.1, 0.15) is 74.1 Å². The fraction of sp³-hybridized carbons (Fsp3) is 0.406. The number of amides is 1. The minimum absolute atomic E-state index is 0.0270. The number of Topliss-reactive ketones (excluding diaryl/α,β-unsaturated/α-hetero) is 1. The molecule has 1 atom stereocenters. The van der Waals surface area contributed by atoms with Crippen molar-refractivity contribution < 1.29 is 9.59 Å². The molecular weight excluding hydrogens is 486 g/mol. The molecule has 2 heterocycles. The van der Waals surface area contributed by atoms with Crippen molar-refractivity contribution in [2.45, 2.75) is 71.4 Å². The molecule has 0 radical (unpaired) electrons. The lowest BCUT2D eigenvalue weighted by Crippen LogP contribution is -2.30. The summed E-state index contributed by atoms with van der Waals surface area (Å²) in [5.74, 6) is 1.04. The quantitative estimate of drug-likeness (QED) is 0.169. The molecule has 0 fully saturated rings. The third-order valence-electron chi connectivity index (χ3n) is 7.21. The van der Waals surface area contributed by atoms with E-state index in [-0.39, 0.29) is 11.9 Å². The molecule has 4 aromatic rings. The lowest BCUT2D eigenvalue weighted by atomic mass is 10.0. The number of unbranched alkanes of at least 4 members (excludes halogenated alkanes) is 2. The zero-order valence-electron chi connectivity index (χ0n) is 23.6. The van der Waals surface area contributed by atoms with Gasteiger partial charge in [0, 0.05) is 36.0 Å². The number of aromatic nitrogens is 3. The van der Waals surface area contributed by atoms with Crippen molar-refractivity contribution in [3.63, 3.8) is 0 Å². The van der Waals surface area contributed by atoms with Crippen molar-refractivity contribution in [2.75, 3.05) is 14.1 Å². The van der Waals surface area contributed by atoms with Gasteiger partial charge in [-0.25, -0.2) is 4.98 Å². The first-order valence-corrected chi connectivity index (χ1v) is 14.0.